The monoisotopic (exact) mass is 407 g/mol. The Morgan fingerprint density at radius 1 is 1.24 bits per heavy atom. The van der Waals surface area contributed by atoms with Crippen molar-refractivity contribution in [2.24, 2.45) is 7.05 Å². The molecule has 29 heavy (non-hydrogen) atoms. The summed E-state index contributed by atoms with van der Waals surface area (Å²) in [5.74, 6) is 2.04. The van der Waals surface area contributed by atoms with Gasteiger partial charge >= 0.3 is 0 Å². The molecule has 148 valence electrons. The number of thiazole rings is 1. The number of pyridine rings is 2. The molecule has 1 fully saturated rings. The second-order valence-electron chi connectivity index (χ2n) is 7.12. The molecule has 0 aromatic carbocycles. The lowest BCUT2D eigenvalue weighted by Crippen LogP contribution is -2.20. The largest absolute Gasteiger partial charge is 0.473 e. The Labute approximate surface area is 172 Å². The zero-order valence-electron chi connectivity index (χ0n) is 16.2. The van der Waals surface area contributed by atoms with Crippen molar-refractivity contribution in [2.75, 3.05) is 18.4 Å². The number of rotatable bonds is 5. The lowest BCUT2D eigenvalue weighted by molar-refractivity contribution is 0.214. The third-order valence-electron chi connectivity index (χ3n) is 4.82. The first-order valence-corrected chi connectivity index (χ1v) is 10.3. The van der Waals surface area contributed by atoms with Crippen LogP contribution >= 0.6 is 11.3 Å². The molecular formula is C20H21N7OS. The number of ether oxygens (including phenoxy) is 1. The fourth-order valence-corrected chi connectivity index (χ4v) is 4.36. The summed E-state index contributed by atoms with van der Waals surface area (Å²) < 4.78 is 8.86. The highest BCUT2D eigenvalue weighted by atomic mass is 32.1. The minimum atomic E-state index is 0.173. The molecule has 4 aromatic rings. The highest BCUT2D eigenvalue weighted by molar-refractivity contribution is 7.21. The zero-order valence-corrected chi connectivity index (χ0v) is 17.0. The van der Waals surface area contributed by atoms with Gasteiger partial charge in [0.25, 0.3) is 0 Å². The van der Waals surface area contributed by atoms with Crippen molar-refractivity contribution in [3.8, 4) is 16.6 Å². The first-order chi connectivity index (χ1) is 14.1. The minimum absolute atomic E-state index is 0.173. The van der Waals surface area contributed by atoms with E-state index in [1.807, 2.05) is 49.1 Å². The number of nitrogens with zero attached hydrogens (tertiary/aromatic N) is 5. The van der Waals surface area contributed by atoms with Gasteiger partial charge in [-0.25, -0.2) is 9.97 Å². The van der Waals surface area contributed by atoms with Crippen LogP contribution in [0.5, 0.6) is 5.88 Å². The molecule has 1 saturated heterocycles. The summed E-state index contributed by atoms with van der Waals surface area (Å²) >= 11 is 1.60. The molecule has 5 rings (SSSR count). The van der Waals surface area contributed by atoms with Crippen molar-refractivity contribution in [1.82, 2.24) is 30.0 Å². The highest BCUT2D eigenvalue weighted by Crippen LogP contribution is 2.31. The highest BCUT2D eigenvalue weighted by Gasteiger charge is 2.17. The number of fused-ring (bicyclic) bond motifs is 1. The minimum Gasteiger partial charge on any atom is -0.473 e. The van der Waals surface area contributed by atoms with E-state index in [1.165, 1.54) is 0 Å². The summed E-state index contributed by atoms with van der Waals surface area (Å²) in [6.45, 7) is 3.88. The molecule has 0 unspecified atom stereocenters. The van der Waals surface area contributed by atoms with Crippen LogP contribution in [0.15, 0.2) is 36.7 Å². The third-order valence-corrected chi connectivity index (χ3v) is 5.85. The van der Waals surface area contributed by atoms with E-state index in [4.69, 9.17) is 9.72 Å². The van der Waals surface area contributed by atoms with Gasteiger partial charge in [-0.15, -0.1) is 11.3 Å². The SMILES string of the molecule is Cc1cc(Nc2cc3nc(-c4ccnn4C)sc3cn2)nc(O[C@H]2CCNC2)c1. The molecule has 2 N–H and O–H groups in total. The predicted molar refractivity (Wildman–Crippen MR) is 114 cm³/mol. The number of nitrogens with one attached hydrogen (secondary N) is 2. The zero-order chi connectivity index (χ0) is 19.8. The second kappa shape index (κ2) is 7.41. The van der Waals surface area contributed by atoms with Crippen LogP contribution in [0.4, 0.5) is 11.6 Å². The number of anilines is 2. The summed E-state index contributed by atoms with van der Waals surface area (Å²) in [6.07, 6.45) is 4.79. The van der Waals surface area contributed by atoms with Crippen LogP contribution in [0.2, 0.25) is 0 Å². The maximum Gasteiger partial charge on any atom is 0.215 e. The normalized spacial score (nSPS) is 16.4. The van der Waals surface area contributed by atoms with Crippen molar-refractivity contribution >= 4 is 33.2 Å². The van der Waals surface area contributed by atoms with Crippen LogP contribution in [0.3, 0.4) is 0 Å². The van der Waals surface area contributed by atoms with E-state index >= 15 is 0 Å². The van der Waals surface area contributed by atoms with Crippen LogP contribution in [0.1, 0.15) is 12.0 Å². The number of aromatic nitrogens is 5. The van der Waals surface area contributed by atoms with Gasteiger partial charge in [0.1, 0.15) is 22.7 Å². The van der Waals surface area contributed by atoms with Crippen LogP contribution in [0, 0.1) is 6.92 Å². The molecule has 9 heteroatoms. The van der Waals surface area contributed by atoms with Crippen LogP contribution in [-0.2, 0) is 7.05 Å². The Balaban J connectivity index is 1.39. The number of hydrogen-bond acceptors (Lipinski definition) is 8. The van der Waals surface area contributed by atoms with Gasteiger partial charge in [0.05, 0.1) is 15.9 Å². The molecule has 1 atom stereocenters. The molecule has 0 spiro atoms. The first kappa shape index (κ1) is 18.0. The predicted octanol–water partition coefficient (Wildman–Crippen LogP) is 3.28. The average Bonchev–Trinajstić information content (AvgIpc) is 3.41. The lowest BCUT2D eigenvalue weighted by atomic mass is 10.3. The van der Waals surface area contributed by atoms with Gasteiger partial charge in [-0.3, -0.25) is 4.68 Å². The Hall–Kier alpha value is -3.04. The average molecular weight is 408 g/mol. The maximum atomic E-state index is 6.01. The topological polar surface area (TPSA) is 89.8 Å². The van der Waals surface area contributed by atoms with Crippen molar-refractivity contribution in [1.29, 1.82) is 0 Å². The van der Waals surface area contributed by atoms with Gasteiger partial charge in [-0.1, -0.05) is 0 Å². The van der Waals surface area contributed by atoms with Crippen LogP contribution in [0.25, 0.3) is 20.9 Å². The molecule has 0 saturated carbocycles. The summed E-state index contributed by atoms with van der Waals surface area (Å²) in [5.41, 5.74) is 2.96. The van der Waals surface area contributed by atoms with Gasteiger partial charge in [-0.2, -0.15) is 10.1 Å². The molecule has 0 aliphatic carbocycles. The van der Waals surface area contributed by atoms with Crippen LogP contribution in [-0.4, -0.2) is 43.9 Å². The molecular weight excluding hydrogens is 386 g/mol. The Bertz CT molecular complexity index is 1160. The lowest BCUT2D eigenvalue weighted by Gasteiger charge is -2.13. The van der Waals surface area contributed by atoms with E-state index in [9.17, 15) is 0 Å². The van der Waals surface area contributed by atoms with E-state index in [0.29, 0.717) is 17.5 Å². The molecule has 0 radical (unpaired) electrons. The van der Waals surface area contributed by atoms with E-state index in [2.05, 4.69) is 25.7 Å². The Kier molecular flexibility index (Phi) is 4.61. The summed E-state index contributed by atoms with van der Waals surface area (Å²) in [7, 11) is 1.91. The van der Waals surface area contributed by atoms with Crippen LogP contribution < -0.4 is 15.4 Å². The number of hydrogen-bond donors (Lipinski definition) is 2. The van der Waals surface area contributed by atoms with Crippen molar-refractivity contribution in [2.45, 2.75) is 19.4 Å². The van der Waals surface area contributed by atoms with Gasteiger partial charge in [-0.05, 0) is 37.6 Å². The van der Waals surface area contributed by atoms with E-state index in [-0.39, 0.29) is 6.10 Å². The van der Waals surface area contributed by atoms with Crippen molar-refractivity contribution < 1.29 is 4.74 Å². The molecule has 4 aromatic heterocycles. The van der Waals surface area contributed by atoms with E-state index < -0.39 is 0 Å². The van der Waals surface area contributed by atoms with Crippen molar-refractivity contribution in [3.63, 3.8) is 0 Å². The maximum absolute atomic E-state index is 6.01. The smallest absolute Gasteiger partial charge is 0.215 e. The molecule has 0 amide bonds. The number of aryl methyl sites for hydroxylation is 2. The summed E-state index contributed by atoms with van der Waals surface area (Å²) in [5, 5.41) is 11.7. The van der Waals surface area contributed by atoms with Crippen molar-refractivity contribution in [3.05, 3.63) is 42.2 Å². The summed E-state index contributed by atoms with van der Waals surface area (Å²) in [6, 6.07) is 7.84. The molecule has 8 nitrogen and oxygen atoms in total. The van der Waals surface area contributed by atoms with Gasteiger partial charge < -0.3 is 15.4 Å². The van der Waals surface area contributed by atoms with E-state index in [0.717, 1.165) is 46.0 Å². The second-order valence-corrected chi connectivity index (χ2v) is 8.15. The first-order valence-electron chi connectivity index (χ1n) is 9.52. The fraction of sp³-hybridized carbons (Fsp3) is 0.300. The molecule has 5 heterocycles. The van der Waals surface area contributed by atoms with Gasteiger partial charge in [0, 0.05) is 38.1 Å². The molecule has 1 aliphatic heterocycles. The Morgan fingerprint density at radius 3 is 2.97 bits per heavy atom. The standard InChI is InChI=1S/C20H21N7OS/c1-12-7-18(26-19(8-12)28-13-3-5-21-10-13)25-17-9-14-16(11-22-17)29-20(24-14)15-4-6-23-27(15)2/h4,6-9,11,13,21H,3,5,10H2,1-2H3,(H,22,25,26)/t13-/m0/s1. The fourth-order valence-electron chi connectivity index (χ4n) is 3.39. The quantitative estimate of drug-likeness (QED) is 0.525. The van der Waals surface area contributed by atoms with Gasteiger partial charge in [0.15, 0.2) is 0 Å². The van der Waals surface area contributed by atoms with Gasteiger partial charge in [0.2, 0.25) is 5.88 Å². The summed E-state index contributed by atoms with van der Waals surface area (Å²) in [4.78, 5) is 13.9. The molecule has 1 aliphatic rings. The Morgan fingerprint density at radius 2 is 2.17 bits per heavy atom. The third kappa shape index (κ3) is 3.79. The van der Waals surface area contributed by atoms with E-state index in [1.54, 1.807) is 17.5 Å². The molecule has 0 bridgehead atoms.